The predicted molar refractivity (Wildman–Crippen MR) is 260 cm³/mol. The Morgan fingerprint density at radius 1 is 0.800 bits per heavy atom. The number of esters is 2. The number of aliphatic hydroxyl groups excluding tert-OH is 6. The first-order valence-electron chi connectivity index (χ1n) is 24.9. The molecule has 402 valence electrons. The topological polar surface area (TPSA) is 314 Å². The van der Waals surface area contributed by atoms with Crippen molar-refractivity contribution in [1.82, 2.24) is 0 Å². The van der Waals surface area contributed by atoms with Gasteiger partial charge in [0.05, 0.1) is 36.9 Å². The number of rotatable bonds is 24. The summed E-state index contributed by atoms with van der Waals surface area (Å²) in [6.07, 6.45) is 10.3. The highest BCUT2D eigenvalue weighted by molar-refractivity contribution is 7.47. The molecule has 0 spiro atoms. The normalized spacial score (nSPS) is 30.3. The van der Waals surface area contributed by atoms with Crippen LogP contribution in [0.4, 0.5) is 0 Å². The van der Waals surface area contributed by atoms with E-state index >= 15 is 0 Å². The van der Waals surface area contributed by atoms with Crippen molar-refractivity contribution in [3.63, 3.8) is 0 Å². The van der Waals surface area contributed by atoms with Crippen molar-refractivity contribution in [2.24, 2.45) is 11.8 Å². The number of cyclic esters (lactones) is 1. The summed E-state index contributed by atoms with van der Waals surface area (Å²) < 4.78 is 52.0. The minimum atomic E-state index is -5.79. The van der Waals surface area contributed by atoms with Crippen molar-refractivity contribution in [3.05, 3.63) is 60.8 Å². The van der Waals surface area contributed by atoms with Gasteiger partial charge in [0, 0.05) is 25.2 Å². The van der Waals surface area contributed by atoms with Crippen LogP contribution in [-0.4, -0.2) is 131 Å². The van der Waals surface area contributed by atoms with E-state index in [1.165, 1.54) is 19.3 Å². The van der Waals surface area contributed by atoms with Gasteiger partial charge in [-0.25, -0.2) is 9.13 Å². The molecule has 0 aromatic carbocycles. The van der Waals surface area contributed by atoms with Gasteiger partial charge in [0.25, 0.3) is 0 Å². The van der Waals surface area contributed by atoms with E-state index in [-0.39, 0.29) is 32.1 Å². The summed E-state index contributed by atoms with van der Waals surface area (Å²) in [6.45, 7) is 2.49. The van der Waals surface area contributed by atoms with Gasteiger partial charge in [-0.2, -0.15) is 0 Å². The third kappa shape index (κ3) is 26.8. The number of carbonyl (C=O) groups is 3. The molecule has 1 saturated heterocycles. The molecule has 70 heavy (non-hydrogen) atoms. The monoisotopic (exact) mass is 1040 g/mol. The van der Waals surface area contributed by atoms with Crippen LogP contribution in [0.1, 0.15) is 149 Å². The number of phosphoric ester groups is 2. The maximum atomic E-state index is 13.9. The molecule has 12 atom stereocenters. The maximum absolute atomic E-state index is 13.9. The van der Waals surface area contributed by atoms with Gasteiger partial charge in [0.15, 0.2) is 6.10 Å². The van der Waals surface area contributed by atoms with Crippen LogP contribution in [0.5, 0.6) is 0 Å². The van der Waals surface area contributed by atoms with Crippen LogP contribution in [-0.2, 0) is 46.6 Å². The number of hydrogen-bond acceptors (Lipinski definition) is 16. The van der Waals surface area contributed by atoms with Crippen LogP contribution >= 0.6 is 15.6 Å². The van der Waals surface area contributed by atoms with E-state index in [0.29, 0.717) is 44.9 Å². The van der Waals surface area contributed by atoms with E-state index in [2.05, 4.69) is 37.3 Å². The summed E-state index contributed by atoms with van der Waals surface area (Å²) in [5.74, 6) is -5.70. The number of ether oxygens (including phenoxy) is 2. The van der Waals surface area contributed by atoms with Crippen molar-refractivity contribution in [1.29, 1.82) is 0 Å². The Labute approximate surface area is 413 Å². The number of Topliss-reactive ketones (excluding diaryl/α,β-unsaturated/α-hetero) is 1. The molecule has 1 aliphatic carbocycles. The summed E-state index contributed by atoms with van der Waals surface area (Å²) in [5.41, 5.74) is 0. The van der Waals surface area contributed by atoms with Gasteiger partial charge in [0.2, 0.25) is 0 Å². The second-order valence-electron chi connectivity index (χ2n) is 18.0. The molecule has 1 saturated carbocycles. The van der Waals surface area contributed by atoms with Gasteiger partial charge < -0.3 is 54.8 Å². The third-order valence-electron chi connectivity index (χ3n) is 12.0. The third-order valence-corrected chi connectivity index (χ3v) is 13.5. The van der Waals surface area contributed by atoms with E-state index in [1.54, 1.807) is 0 Å². The van der Waals surface area contributed by atoms with Crippen LogP contribution in [0.15, 0.2) is 60.8 Å². The molecule has 1 unspecified atom stereocenters. The molecule has 0 amide bonds. The fraction of sp³-hybridized carbons (Fsp3) is 0.735. The molecule has 0 aromatic heterocycles. The molecule has 9 N–H and O–H groups in total. The van der Waals surface area contributed by atoms with Crippen LogP contribution in [0.3, 0.4) is 0 Å². The molecule has 2 fully saturated rings. The zero-order chi connectivity index (χ0) is 52.0. The lowest BCUT2D eigenvalue weighted by molar-refractivity contribution is -0.165. The van der Waals surface area contributed by atoms with E-state index in [4.69, 9.17) is 23.0 Å². The number of aliphatic hydroxyl groups is 6. The lowest BCUT2D eigenvalue weighted by Crippen LogP contribution is -2.56. The maximum Gasteiger partial charge on any atom is 0.472 e. The molecule has 1 aliphatic heterocycles. The Kier molecular flexibility index (Phi) is 32.1. The summed E-state index contributed by atoms with van der Waals surface area (Å²) in [7, 11) is -11.5. The quantitative estimate of drug-likeness (QED) is 0.0218. The van der Waals surface area contributed by atoms with Crippen molar-refractivity contribution < 1.29 is 91.9 Å². The first kappa shape index (κ1) is 63.4. The first-order chi connectivity index (χ1) is 33.3. The van der Waals surface area contributed by atoms with E-state index in [1.807, 2.05) is 25.2 Å². The van der Waals surface area contributed by atoms with Crippen molar-refractivity contribution in [2.45, 2.75) is 204 Å². The average molecular weight is 1040 g/mol. The Hall–Kier alpha value is -2.71. The first-order valence-corrected chi connectivity index (χ1v) is 28.0. The van der Waals surface area contributed by atoms with Gasteiger partial charge in [-0.3, -0.25) is 28.0 Å². The molecule has 0 radical (unpaired) electrons. The number of carbonyl (C=O) groups excluding carboxylic acids is 3. The molecule has 19 nitrogen and oxygen atoms in total. The Morgan fingerprint density at radius 2 is 1.40 bits per heavy atom. The van der Waals surface area contributed by atoms with Gasteiger partial charge in [-0.15, -0.1) is 0 Å². The summed E-state index contributed by atoms with van der Waals surface area (Å²) in [6, 6.07) is 0. The molecule has 21 heteroatoms. The van der Waals surface area contributed by atoms with Gasteiger partial charge in [0.1, 0.15) is 36.8 Å². The molecule has 2 aliphatic rings. The van der Waals surface area contributed by atoms with Gasteiger partial charge >= 0.3 is 27.6 Å². The Balaban J connectivity index is 2.28. The molecular formula is C49H82O19P2. The Bertz CT molecular complexity index is 1750. The van der Waals surface area contributed by atoms with E-state index in [9.17, 15) is 68.8 Å². The second kappa shape index (κ2) is 35.4. The van der Waals surface area contributed by atoms with E-state index < -0.39 is 120 Å². The lowest BCUT2D eigenvalue weighted by atomic mass is 9.82. The average Bonchev–Trinajstić information content (AvgIpc) is 3.30. The lowest BCUT2D eigenvalue weighted by Gasteiger charge is -2.38. The summed E-state index contributed by atoms with van der Waals surface area (Å²) in [4.78, 5) is 70.6. The number of phosphoric acid groups is 2. The van der Waals surface area contributed by atoms with Crippen LogP contribution in [0, 0.1) is 11.8 Å². The zero-order valence-electron chi connectivity index (χ0n) is 40.9. The smallest absolute Gasteiger partial charge is 0.462 e. The molecule has 1 heterocycles. The van der Waals surface area contributed by atoms with Crippen molar-refractivity contribution in [2.75, 3.05) is 13.2 Å². The highest BCUT2D eigenvalue weighted by Crippen LogP contribution is 2.49. The van der Waals surface area contributed by atoms with Crippen LogP contribution < -0.4 is 0 Å². The highest BCUT2D eigenvalue weighted by Gasteiger charge is 2.51. The number of fused-ring (bicyclic) bond motifs is 4. The standard InChI is InChI=1S/C49H82O19P2/c1-3-5-7-8-9-10-11-12-13-14-15-16-17-18-19-20-25-29-42(53)64-34-37-35-65-70(62,63)68-49-47(58)46(57)44(55)38(28-24-21-22-26-30-43(54)66-37)40(51)33-41(52)39(32-31-36(50)27-23-6-4-2)45(56)48(49)67-69(59,60)61/h9-10,12-13,15-16,18-19,31-32,36-40,44-51,55-58H,3-8,11,14,17,20-30,33-35H2,1-2H3,(H,62,63)(H2,59,60,61)/b10-9-,13-12-,16-15-,19-18-,32-31?/t36-,37+,38-,39-,40-,44+,45+,46-,47+,48+,49-/m0/s1. The fourth-order valence-corrected chi connectivity index (χ4v) is 9.53. The molecule has 0 aromatic rings. The Morgan fingerprint density at radius 3 is 2.03 bits per heavy atom. The number of ketones is 1. The van der Waals surface area contributed by atoms with Crippen LogP contribution in [0.25, 0.3) is 0 Å². The zero-order valence-corrected chi connectivity index (χ0v) is 42.7. The number of allylic oxidation sites excluding steroid dienone is 8. The number of unbranched alkanes of at least 4 members (excludes halogenated alkanes) is 6. The summed E-state index contributed by atoms with van der Waals surface area (Å²) >= 11 is 0. The predicted octanol–water partition coefficient (Wildman–Crippen LogP) is 6.43. The van der Waals surface area contributed by atoms with Gasteiger partial charge in [-0.1, -0.05) is 126 Å². The molecule has 2 bridgehead atoms. The fourth-order valence-electron chi connectivity index (χ4n) is 8.00. The molecular weight excluding hydrogens is 954 g/mol. The second-order valence-corrected chi connectivity index (χ2v) is 20.6. The number of hydrogen-bond donors (Lipinski definition) is 9. The summed E-state index contributed by atoms with van der Waals surface area (Å²) in [5, 5.41) is 68.0. The SMILES string of the molecule is CCCCC/C=C\C/C=C\C/C=C\C/C=C\CCCC(=O)OC[C@@H]1COP(=O)(O)O[C@H]2[C@H](O)[C@@H](O)[C@H](O)[C@@H](CCCCCCC(=O)O1)[C@@H](O)CC(=O)[C@H](C=C[C@@H](O)CCCCC)[C@@H](O)[C@H]2OP(=O)(O)O. The van der Waals surface area contributed by atoms with Crippen LogP contribution in [0.2, 0.25) is 0 Å². The highest BCUT2D eigenvalue weighted by atomic mass is 31.2. The minimum Gasteiger partial charge on any atom is -0.462 e. The van der Waals surface area contributed by atoms with Crippen molar-refractivity contribution in [3.8, 4) is 0 Å². The van der Waals surface area contributed by atoms with Crippen molar-refractivity contribution >= 4 is 33.4 Å². The largest absolute Gasteiger partial charge is 0.472 e. The van der Waals surface area contributed by atoms with E-state index in [0.717, 1.165) is 44.3 Å². The molecule has 2 rings (SSSR count). The minimum absolute atomic E-state index is 0.0213. The van der Waals surface area contributed by atoms with Gasteiger partial charge in [-0.05, 0) is 64.2 Å².